The van der Waals surface area contributed by atoms with Gasteiger partial charge in [0, 0.05) is 24.0 Å². The Labute approximate surface area is 102 Å². The van der Waals surface area contributed by atoms with E-state index in [0.717, 1.165) is 0 Å². The van der Waals surface area contributed by atoms with E-state index in [-0.39, 0.29) is 12.3 Å². The van der Waals surface area contributed by atoms with E-state index < -0.39 is 5.97 Å². The second-order valence-electron chi connectivity index (χ2n) is 3.15. The van der Waals surface area contributed by atoms with Gasteiger partial charge in [-0.15, -0.1) is 0 Å². The van der Waals surface area contributed by atoms with E-state index in [2.05, 4.69) is 10.1 Å². The third-order valence-electron chi connectivity index (χ3n) is 2.03. The molecule has 0 fully saturated rings. The lowest BCUT2D eigenvalue weighted by atomic mass is 10.2. The number of halogens is 1. The first kappa shape index (κ1) is 11.6. The summed E-state index contributed by atoms with van der Waals surface area (Å²) in [6.45, 7) is 2.01. The maximum Gasteiger partial charge on any atom is 0.360 e. The van der Waals surface area contributed by atoms with Crippen LogP contribution in [-0.4, -0.2) is 22.7 Å². The SMILES string of the molecule is CCOC(=O)c1cc(-c2ccncc2Cl)on1. The van der Waals surface area contributed by atoms with E-state index in [4.69, 9.17) is 20.9 Å². The zero-order valence-electron chi connectivity index (χ0n) is 9.01. The van der Waals surface area contributed by atoms with Crippen molar-refractivity contribution in [2.45, 2.75) is 6.92 Å². The van der Waals surface area contributed by atoms with Crippen LogP contribution in [0, 0.1) is 0 Å². The molecule has 0 bridgehead atoms. The van der Waals surface area contributed by atoms with Gasteiger partial charge >= 0.3 is 5.97 Å². The number of aromatic nitrogens is 2. The fourth-order valence-corrected chi connectivity index (χ4v) is 1.49. The van der Waals surface area contributed by atoms with Gasteiger partial charge in [0.25, 0.3) is 0 Å². The summed E-state index contributed by atoms with van der Waals surface area (Å²) in [5.74, 6) is -0.117. The zero-order chi connectivity index (χ0) is 12.3. The largest absolute Gasteiger partial charge is 0.461 e. The van der Waals surface area contributed by atoms with E-state index in [9.17, 15) is 4.79 Å². The van der Waals surface area contributed by atoms with Crippen LogP contribution in [0.15, 0.2) is 29.0 Å². The summed E-state index contributed by atoms with van der Waals surface area (Å²) in [7, 11) is 0. The quantitative estimate of drug-likeness (QED) is 0.786. The fraction of sp³-hybridized carbons (Fsp3) is 0.182. The van der Waals surface area contributed by atoms with Gasteiger partial charge in [-0.05, 0) is 13.0 Å². The normalized spacial score (nSPS) is 10.2. The van der Waals surface area contributed by atoms with Gasteiger partial charge in [-0.25, -0.2) is 4.79 Å². The van der Waals surface area contributed by atoms with E-state index in [1.165, 1.54) is 12.3 Å². The molecule has 0 amide bonds. The molecule has 0 saturated carbocycles. The van der Waals surface area contributed by atoms with Gasteiger partial charge in [0.2, 0.25) is 0 Å². The number of rotatable bonds is 3. The highest BCUT2D eigenvalue weighted by atomic mass is 35.5. The lowest BCUT2D eigenvalue weighted by molar-refractivity contribution is 0.0514. The molecule has 0 aliphatic rings. The molecular formula is C11H9ClN2O3. The summed E-state index contributed by atoms with van der Waals surface area (Å²) in [6, 6.07) is 3.16. The van der Waals surface area contributed by atoms with Crippen LogP contribution in [0.2, 0.25) is 5.02 Å². The highest BCUT2D eigenvalue weighted by Crippen LogP contribution is 2.27. The topological polar surface area (TPSA) is 65.2 Å². The van der Waals surface area contributed by atoms with E-state index >= 15 is 0 Å². The highest BCUT2D eigenvalue weighted by molar-refractivity contribution is 6.33. The molecule has 2 heterocycles. The van der Waals surface area contributed by atoms with Crippen molar-refractivity contribution in [2.75, 3.05) is 6.61 Å². The molecular weight excluding hydrogens is 244 g/mol. The third-order valence-corrected chi connectivity index (χ3v) is 2.33. The van der Waals surface area contributed by atoms with Gasteiger partial charge < -0.3 is 9.26 Å². The Morgan fingerprint density at radius 2 is 2.41 bits per heavy atom. The van der Waals surface area contributed by atoms with Crippen molar-refractivity contribution < 1.29 is 14.1 Å². The predicted octanol–water partition coefficient (Wildman–Crippen LogP) is 2.57. The lowest BCUT2D eigenvalue weighted by Gasteiger charge is -1.96. The number of carbonyl (C=O) groups is 1. The number of nitrogens with zero attached hydrogens (tertiary/aromatic N) is 2. The average molecular weight is 253 g/mol. The zero-order valence-corrected chi connectivity index (χ0v) is 9.77. The Hall–Kier alpha value is -1.88. The number of carbonyl (C=O) groups excluding carboxylic acids is 1. The van der Waals surface area contributed by atoms with Crippen molar-refractivity contribution in [3.8, 4) is 11.3 Å². The smallest absolute Gasteiger partial charge is 0.360 e. The Morgan fingerprint density at radius 3 is 3.12 bits per heavy atom. The van der Waals surface area contributed by atoms with Crippen LogP contribution < -0.4 is 0 Å². The Kier molecular flexibility index (Phi) is 3.39. The second kappa shape index (κ2) is 4.97. The first-order valence-corrected chi connectivity index (χ1v) is 5.34. The maximum atomic E-state index is 11.4. The number of esters is 1. The molecule has 0 unspecified atom stereocenters. The monoisotopic (exact) mass is 252 g/mol. The molecule has 0 aliphatic carbocycles. The van der Waals surface area contributed by atoms with Crippen LogP contribution in [0.3, 0.4) is 0 Å². The average Bonchev–Trinajstić information content (AvgIpc) is 2.79. The fourth-order valence-electron chi connectivity index (χ4n) is 1.28. The molecule has 6 heteroatoms. The molecule has 0 aromatic carbocycles. The van der Waals surface area contributed by atoms with Crippen LogP contribution >= 0.6 is 11.6 Å². The molecule has 2 aromatic rings. The van der Waals surface area contributed by atoms with Crippen LogP contribution in [-0.2, 0) is 4.74 Å². The minimum absolute atomic E-state index is 0.120. The van der Waals surface area contributed by atoms with Crippen LogP contribution in [0.1, 0.15) is 17.4 Å². The number of hydrogen-bond donors (Lipinski definition) is 0. The molecule has 5 nitrogen and oxygen atoms in total. The first-order valence-electron chi connectivity index (χ1n) is 4.96. The van der Waals surface area contributed by atoms with Gasteiger partial charge in [0.15, 0.2) is 11.5 Å². The summed E-state index contributed by atoms with van der Waals surface area (Å²) in [5, 5.41) is 4.05. The molecule has 0 radical (unpaired) electrons. The van der Waals surface area contributed by atoms with Gasteiger partial charge in [0.05, 0.1) is 11.6 Å². The first-order chi connectivity index (χ1) is 8.22. The van der Waals surface area contributed by atoms with Crippen molar-refractivity contribution in [1.29, 1.82) is 0 Å². The molecule has 0 N–H and O–H groups in total. The van der Waals surface area contributed by atoms with Crippen molar-refractivity contribution in [3.05, 3.63) is 35.2 Å². The number of ether oxygens (including phenoxy) is 1. The van der Waals surface area contributed by atoms with Crippen molar-refractivity contribution in [2.24, 2.45) is 0 Å². The Morgan fingerprint density at radius 1 is 1.59 bits per heavy atom. The minimum atomic E-state index is -0.521. The second-order valence-corrected chi connectivity index (χ2v) is 3.56. The molecule has 2 rings (SSSR count). The van der Waals surface area contributed by atoms with Crippen molar-refractivity contribution in [1.82, 2.24) is 10.1 Å². The summed E-state index contributed by atoms with van der Waals surface area (Å²) in [6.07, 6.45) is 3.07. The van der Waals surface area contributed by atoms with Crippen LogP contribution in [0.4, 0.5) is 0 Å². The third kappa shape index (κ3) is 2.45. The maximum absolute atomic E-state index is 11.4. The lowest BCUT2D eigenvalue weighted by Crippen LogP contribution is -2.04. The van der Waals surface area contributed by atoms with Crippen molar-refractivity contribution >= 4 is 17.6 Å². The minimum Gasteiger partial charge on any atom is -0.461 e. The van der Waals surface area contributed by atoms with Gasteiger partial charge in [-0.3, -0.25) is 4.98 Å². The van der Waals surface area contributed by atoms with Crippen molar-refractivity contribution in [3.63, 3.8) is 0 Å². The van der Waals surface area contributed by atoms with Crippen LogP contribution in [0.25, 0.3) is 11.3 Å². The number of pyridine rings is 1. The summed E-state index contributed by atoms with van der Waals surface area (Å²) >= 11 is 5.94. The van der Waals surface area contributed by atoms with Gasteiger partial charge in [0.1, 0.15) is 0 Å². The highest BCUT2D eigenvalue weighted by Gasteiger charge is 2.15. The van der Waals surface area contributed by atoms with E-state index in [1.807, 2.05) is 0 Å². The molecule has 0 atom stereocenters. The van der Waals surface area contributed by atoms with E-state index in [0.29, 0.717) is 16.3 Å². The Bertz CT molecular complexity index is 539. The van der Waals surface area contributed by atoms with Gasteiger partial charge in [-0.1, -0.05) is 16.8 Å². The molecule has 88 valence electrons. The molecule has 2 aromatic heterocycles. The molecule has 0 saturated heterocycles. The molecule has 0 spiro atoms. The van der Waals surface area contributed by atoms with Crippen LogP contribution in [0.5, 0.6) is 0 Å². The van der Waals surface area contributed by atoms with Gasteiger partial charge in [-0.2, -0.15) is 0 Å². The predicted molar refractivity (Wildman–Crippen MR) is 60.7 cm³/mol. The molecule has 17 heavy (non-hydrogen) atoms. The standard InChI is InChI=1S/C11H9ClN2O3/c1-2-16-11(15)9-5-10(17-14-9)7-3-4-13-6-8(7)12/h3-6H,2H2,1H3. The summed E-state index contributed by atoms with van der Waals surface area (Å²) in [5.41, 5.74) is 0.749. The Balaban J connectivity index is 2.30. The van der Waals surface area contributed by atoms with E-state index in [1.54, 1.807) is 19.2 Å². The summed E-state index contributed by atoms with van der Waals surface area (Å²) in [4.78, 5) is 15.2. The summed E-state index contributed by atoms with van der Waals surface area (Å²) < 4.78 is 9.84. The molecule has 0 aliphatic heterocycles. The number of hydrogen-bond acceptors (Lipinski definition) is 5.